The second-order valence-electron chi connectivity index (χ2n) is 7.44. The summed E-state index contributed by atoms with van der Waals surface area (Å²) in [5.41, 5.74) is 3.69. The lowest BCUT2D eigenvalue weighted by atomic mass is 10.1. The van der Waals surface area contributed by atoms with E-state index in [0.717, 1.165) is 57.1 Å². The summed E-state index contributed by atoms with van der Waals surface area (Å²) in [6, 6.07) is 9.54. The molecule has 1 fully saturated rings. The van der Waals surface area contributed by atoms with Crippen LogP contribution in [0.3, 0.4) is 0 Å². The van der Waals surface area contributed by atoms with Gasteiger partial charge in [-0.15, -0.1) is 17.5 Å². The Hall–Kier alpha value is -2.78. The molecule has 0 radical (unpaired) electrons. The third-order valence-electron chi connectivity index (χ3n) is 5.31. The molecule has 0 bridgehead atoms. The van der Waals surface area contributed by atoms with Gasteiger partial charge in [-0.3, -0.25) is 14.4 Å². The van der Waals surface area contributed by atoms with Crippen LogP contribution in [0, 0.1) is 13.8 Å². The predicted molar refractivity (Wildman–Crippen MR) is 115 cm³/mol. The van der Waals surface area contributed by atoms with E-state index in [1.54, 1.807) is 4.68 Å². The normalized spacial score (nSPS) is 14.9. The molecule has 0 aliphatic carbocycles. The Bertz CT molecular complexity index is 971. The number of carbonyl (C=O) groups excluding carboxylic acids is 1. The van der Waals surface area contributed by atoms with E-state index in [0.29, 0.717) is 5.56 Å². The van der Waals surface area contributed by atoms with E-state index in [1.807, 2.05) is 36.1 Å². The molecule has 3 aromatic rings. The molecule has 1 aromatic carbocycles. The zero-order chi connectivity index (χ0) is 20.2. The van der Waals surface area contributed by atoms with Gasteiger partial charge in [-0.05, 0) is 61.5 Å². The van der Waals surface area contributed by atoms with E-state index in [-0.39, 0.29) is 18.3 Å². The fraction of sp³-hybridized carbons (Fsp3) is 0.450. The molecular weight excluding hydrogens is 404 g/mol. The van der Waals surface area contributed by atoms with Gasteiger partial charge in [-0.25, -0.2) is 4.68 Å². The lowest BCUT2D eigenvalue weighted by Crippen LogP contribution is -2.36. The molecule has 0 saturated carbocycles. The second-order valence-corrected chi connectivity index (χ2v) is 7.44. The Morgan fingerprint density at radius 2 is 1.93 bits per heavy atom. The molecule has 1 saturated heterocycles. The van der Waals surface area contributed by atoms with E-state index >= 15 is 0 Å². The number of aryl methyl sites for hydroxylation is 2. The summed E-state index contributed by atoms with van der Waals surface area (Å²) >= 11 is 0. The number of rotatable bonds is 5. The molecule has 1 aliphatic rings. The first-order chi connectivity index (χ1) is 14.1. The van der Waals surface area contributed by atoms with Crippen LogP contribution >= 0.6 is 12.4 Å². The summed E-state index contributed by atoms with van der Waals surface area (Å²) in [4.78, 5) is 17.4. The molecule has 1 amide bonds. The number of halogens is 1. The molecule has 2 aromatic heterocycles. The smallest absolute Gasteiger partial charge is 0.253 e. The Balaban J connectivity index is 0.00000256. The van der Waals surface area contributed by atoms with Crippen molar-refractivity contribution in [3.63, 3.8) is 0 Å². The van der Waals surface area contributed by atoms with Crippen molar-refractivity contribution in [3.05, 3.63) is 53.6 Å². The number of carbonyl (C=O) groups is 1. The van der Waals surface area contributed by atoms with Crippen LogP contribution in [0.1, 0.15) is 28.2 Å². The fourth-order valence-corrected chi connectivity index (χ4v) is 3.78. The van der Waals surface area contributed by atoms with Gasteiger partial charge in [0, 0.05) is 37.4 Å². The molecule has 0 atom stereocenters. The third-order valence-corrected chi connectivity index (χ3v) is 5.31. The van der Waals surface area contributed by atoms with Crippen molar-refractivity contribution in [1.82, 2.24) is 39.8 Å². The van der Waals surface area contributed by atoms with Crippen LogP contribution in [0.4, 0.5) is 0 Å². The Morgan fingerprint density at radius 3 is 2.67 bits per heavy atom. The van der Waals surface area contributed by atoms with Gasteiger partial charge in [-0.2, -0.15) is 5.10 Å². The molecule has 1 aliphatic heterocycles. The average Bonchev–Trinajstić information content (AvgIpc) is 3.30. The van der Waals surface area contributed by atoms with E-state index in [1.165, 1.54) is 12.0 Å². The lowest BCUT2D eigenvalue weighted by molar-refractivity contribution is 0.0761. The lowest BCUT2D eigenvalue weighted by Gasteiger charge is -2.22. The highest BCUT2D eigenvalue weighted by atomic mass is 35.5. The summed E-state index contributed by atoms with van der Waals surface area (Å²) < 4.78 is 3.62. The van der Waals surface area contributed by atoms with Gasteiger partial charge in [0.2, 0.25) is 0 Å². The molecule has 0 unspecified atom stereocenters. The van der Waals surface area contributed by atoms with Gasteiger partial charge in [0.15, 0.2) is 0 Å². The van der Waals surface area contributed by atoms with E-state index < -0.39 is 0 Å². The first kappa shape index (κ1) is 21.9. The van der Waals surface area contributed by atoms with Crippen LogP contribution in [-0.4, -0.2) is 78.4 Å². The number of tetrazole rings is 1. The number of aromatic nitrogens is 6. The fourth-order valence-electron chi connectivity index (χ4n) is 3.78. The number of nitrogens with zero attached hydrogens (tertiary/aromatic N) is 8. The number of benzene rings is 1. The zero-order valence-electron chi connectivity index (χ0n) is 17.3. The minimum Gasteiger partial charge on any atom is -0.337 e. The van der Waals surface area contributed by atoms with Crippen molar-refractivity contribution < 1.29 is 4.79 Å². The maximum atomic E-state index is 13.0. The quantitative estimate of drug-likeness (QED) is 0.613. The highest BCUT2D eigenvalue weighted by molar-refractivity contribution is 5.94. The summed E-state index contributed by atoms with van der Waals surface area (Å²) in [7, 11) is 0. The van der Waals surface area contributed by atoms with Crippen molar-refractivity contribution in [2.24, 2.45) is 0 Å². The molecule has 30 heavy (non-hydrogen) atoms. The van der Waals surface area contributed by atoms with Crippen LogP contribution in [-0.2, 0) is 6.54 Å². The van der Waals surface area contributed by atoms with Crippen molar-refractivity contribution in [2.45, 2.75) is 26.8 Å². The highest BCUT2D eigenvalue weighted by Gasteiger charge is 2.21. The number of hydrogen-bond acceptors (Lipinski definition) is 6. The van der Waals surface area contributed by atoms with Crippen LogP contribution in [0.2, 0.25) is 0 Å². The van der Waals surface area contributed by atoms with Gasteiger partial charge in [0.25, 0.3) is 5.91 Å². The molecule has 160 valence electrons. The molecule has 0 N–H and O–H groups in total. The summed E-state index contributed by atoms with van der Waals surface area (Å²) in [5.74, 6) is 0.0559. The van der Waals surface area contributed by atoms with E-state index in [9.17, 15) is 4.79 Å². The largest absolute Gasteiger partial charge is 0.337 e. The van der Waals surface area contributed by atoms with Gasteiger partial charge in [0.05, 0.1) is 17.9 Å². The number of hydrogen-bond donors (Lipinski definition) is 0. The van der Waals surface area contributed by atoms with Crippen molar-refractivity contribution in [3.8, 4) is 5.69 Å². The molecule has 9 nitrogen and oxygen atoms in total. The Morgan fingerprint density at radius 1 is 1.07 bits per heavy atom. The monoisotopic (exact) mass is 430 g/mol. The zero-order valence-corrected chi connectivity index (χ0v) is 18.1. The summed E-state index contributed by atoms with van der Waals surface area (Å²) in [6.45, 7) is 9.29. The van der Waals surface area contributed by atoms with Crippen LogP contribution in [0.25, 0.3) is 5.69 Å². The summed E-state index contributed by atoms with van der Waals surface area (Å²) in [6.07, 6.45) is 2.49. The van der Waals surface area contributed by atoms with Crippen molar-refractivity contribution >= 4 is 18.3 Å². The van der Waals surface area contributed by atoms with Crippen LogP contribution in [0.5, 0.6) is 0 Å². The number of amides is 1. The molecule has 4 rings (SSSR count). The molecule has 0 spiro atoms. The third kappa shape index (κ3) is 5.03. The maximum absolute atomic E-state index is 13.0. The van der Waals surface area contributed by atoms with Gasteiger partial charge >= 0.3 is 0 Å². The summed E-state index contributed by atoms with van der Waals surface area (Å²) in [5, 5.41) is 15.7. The van der Waals surface area contributed by atoms with E-state index in [2.05, 4.69) is 43.2 Å². The highest BCUT2D eigenvalue weighted by Crippen LogP contribution is 2.13. The standard InChI is InChI=1S/C20H26N8O.ClH/c1-16-13-17(2)27(22-16)12-10-25-7-4-8-26(11-9-25)20(29)18-5-3-6-19(14-18)28-15-21-23-24-28;/h3,5-6,13-15H,4,7-12H2,1-2H3;1H. The predicted octanol–water partition coefficient (Wildman–Crippen LogP) is 1.75. The first-order valence-corrected chi connectivity index (χ1v) is 9.96. The van der Waals surface area contributed by atoms with Gasteiger partial charge in [-0.1, -0.05) is 6.07 Å². The van der Waals surface area contributed by atoms with Crippen LogP contribution < -0.4 is 0 Å². The van der Waals surface area contributed by atoms with Gasteiger partial charge in [0.1, 0.15) is 6.33 Å². The minimum atomic E-state index is 0. The van der Waals surface area contributed by atoms with Crippen LogP contribution in [0.15, 0.2) is 36.7 Å². The molecule has 3 heterocycles. The molecular formula is C20H27ClN8O. The van der Waals surface area contributed by atoms with Crippen molar-refractivity contribution in [1.29, 1.82) is 0 Å². The first-order valence-electron chi connectivity index (χ1n) is 9.96. The topological polar surface area (TPSA) is 85.0 Å². The maximum Gasteiger partial charge on any atom is 0.253 e. The van der Waals surface area contributed by atoms with Gasteiger partial charge < -0.3 is 4.90 Å². The Labute approximate surface area is 182 Å². The second kappa shape index (κ2) is 9.82. The van der Waals surface area contributed by atoms with Crippen molar-refractivity contribution in [2.75, 3.05) is 32.7 Å². The minimum absolute atomic E-state index is 0. The Kier molecular flexibility index (Phi) is 7.17. The SMILES string of the molecule is Cc1cc(C)n(CCN2CCCN(C(=O)c3cccc(-n4cnnn4)c3)CC2)n1.Cl. The molecule has 10 heteroatoms. The van der Waals surface area contributed by atoms with E-state index in [4.69, 9.17) is 0 Å². The average molecular weight is 431 g/mol.